The van der Waals surface area contributed by atoms with E-state index in [0.717, 1.165) is 44.0 Å². The summed E-state index contributed by atoms with van der Waals surface area (Å²) >= 11 is 0. The Hall–Kier alpha value is -2.71. The van der Waals surface area contributed by atoms with E-state index in [1.165, 1.54) is 0 Å². The number of nitrogens with zero attached hydrogens (tertiary/aromatic N) is 5. The van der Waals surface area contributed by atoms with Crippen LogP contribution in [0.4, 0.5) is 5.82 Å². The molecule has 174 valence electrons. The zero-order valence-electron chi connectivity index (χ0n) is 20.0. The molecule has 2 heterocycles. The highest BCUT2D eigenvalue weighted by atomic mass is 16.2. The van der Waals surface area contributed by atoms with E-state index >= 15 is 0 Å². The molecule has 1 N–H and O–H groups in total. The van der Waals surface area contributed by atoms with Crippen molar-refractivity contribution in [3.8, 4) is 5.69 Å². The fraction of sp³-hybridized carbons (Fsp3) is 0.542. The van der Waals surface area contributed by atoms with E-state index in [1.54, 1.807) is 23.7 Å². The number of carbonyl (C=O) groups is 2. The van der Waals surface area contributed by atoms with Gasteiger partial charge < -0.3 is 10.2 Å². The Morgan fingerprint density at radius 1 is 1.00 bits per heavy atom. The summed E-state index contributed by atoms with van der Waals surface area (Å²) in [5.74, 6) is 0.736. The Labute approximate surface area is 191 Å². The lowest BCUT2D eigenvalue weighted by atomic mass is 9.92. The largest absolute Gasteiger partial charge is 0.348 e. The number of nitrogens with one attached hydrogen (secondary N) is 1. The highest BCUT2D eigenvalue weighted by Crippen LogP contribution is 2.26. The van der Waals surface area contributed by atoms with Crippen molar-refractivity contribution in [3.63, 3.8) is 0 Å². The average Bonchev–Trinajstić information content (AvgIpc) is 3.04. The van der Waals surface area contributed by atoms with Gasteiger partial charge in [-0.15, -0.1) is 0 Å². The smallest absolute Gasteiger partial charge is 0.239 e. The molecule has 3 rings (SSSR count). The van der Waals surface area contributed by atoms with E-state index in [4.69, 9.17) is 5.10 Å². The number of anilines is 1. The van der Waals surface area contributed by atoms with Crippen LogP contribution in [0.15, 0.2) is 36.4 Å². The molecule has 0 unspecified atom stereocenters. The van der Waals surface area contributed by atoms with Crippen LogP contribution in [0.3, 0.4) is 0 Å². The number of likely N-dealkylation sites (N-methyl/N-ethyl adjacent to an activating group) is 1. The minimum absolute atomic E-state index is 0.0552. The molecule has 1 aliphatic rings. The van der Waals surface area contributed by atoms with Gasteiger partial charge in [-0.25, -0.2) is 4.68 Å². The second-order valence-electron chi connectivity index (χ2n) is 9.65. The fourth-order valence-electron chi connectivity index (χ4n) is 3.66. The summed E-state index contributed by atoms with van der Waals surface area (Å²) in [6.07, 6.45) is 0.935. The minimum Gasteiger partial charge on any atom is -0.348 e. The molecule has 0 saturated carbocycles. The van der Waals surface area contributed by atoms with E-state index in [1.807, 2.05) is 36.4 Å². The molecule has 8 heteroatoms. The first-order valence-corrected chi connectivity index (χ1v) is 11.2. The van der Waals surface area contributed by atoms with Crippen molar-refractivity contribution < 1.29 is 9.59 Å². The van der Waals surface area contributed by atoms with Gasteiger partial charge >= 0.3 is 0 Å². The van der Waals surface area contributed by atoms with Gasteiger partial charge in [-0.05, 0) is 31.6 Å². The zero-order valence-corrected chi connectivity index (χ0v) is 20.0. The van der Waals surface area contributed by atoms with Gasteiger partial charge in [-0.1, -0.05) is 39.0 Å². The Bertz CT molecular complexity index is 916. The Morgan fingerprint density at radius 2 is 1.62 bits per heavy atom. The highest BCUT2D eigenvalue weighted by molar-refractivity contribution is 5.91. The molecule has 1 aromatic carbocycles. The number of aromatic nitrogens is 2. The summed E-state index contributed by atoms with van der Waals surface area (Å²) in [5, 5.41) is 7.84. The summed E-state index contributed by atoms with van der Waals surface area (Å²) in [7, 11) is 3.56. The van der Waals surface area contributed by atoms with Crippen molar-refractivity contribution in [2.45, 2.75) is 32.6 Å². The molecule has 0 atom stereocenters. The molecule has 2 aromatic rings. The first-order chi connectivity index (χ1) is 15.1. The third-order valence-corrected chi connectivity index (χ3v) is 5.65. The number of carbonyl (C=O) groups excluding carboxylic acids is 2. The van der Waals surface area contributed by atoms with E-state index in [-0.39, 0.29) is 17.2 Å². The SMILES string of the molecule is CN(C)C(=O)CN1CCCN(CC(=O)Nc2cc(C(C)(C)C)nn2-c2ccccc2)CC1. The number of amides is 2. The number of hydrogen-bond donors (Lipinski definition) is 1. The van der Waals surface area contributed by atoms with Gasteiger partial charge in [0.05, 0.1) is 24.5 Å². The molecule has 32 heavy (non-hydrogen) atoms. The first kappa shape index (κ1) is 23.9. The third-order valence-electron chi connectivity index (χ3n) is 5.65. The van der Waals surface area contributed by atoms with Gasteiger partial charge in [-0.2, -0.15) is 5.10 Å². The maximum atomic E-state index is 12.9. The summed E-state index contributed by atoms with van der Waals surface area (Å²) in [6, 6.07) is 11.8. The van der Waals surface area contributed by atoms with E-state index in [2.05, 4.69) is 35.9 Å². The van der Waals surface area contributed by atoms with E-state index < -0.39 is 0 Å². The van der Waals surface area contributed by atoms with Gasteiger partial charge in [0, 0.05) is 38.7 Å². The van der Waals surface area contributed by atoms with Crippen LogP contribution in [0.2, 0.25) is 0 Å². The summed E-state index contributed by atoms with van der Waals surface area (Å²) in [4.78, 5) is 30.9. The van der Waals surface area contributed by atoms with Gasteiger partial charge in [-0.3, -0.25) is 19.4 Å². The molecule has 1 aromatic heterocycles. The highest BCUT2D eigenvalue weighted by Gasteiger charge is 2.23. The Balaban J connectivity index is 1.65. The molecule has 1 saturated heterocycles. The number of para-hydroxylation sites is 1. The second-order valence-corrected chi connectivity index (χ2v) is 9.65. The van der Waals surface area contributed by atoms with Crippen molar-refractivity contribution >= 4 is 17.6 Å². The lowest BCUT2D eigenvalue weighted by molar-refractivity contribution is -0.129. The van der Waals surface area contributed by atoms with Gasteiger partial charge in [0.2, 0.25) is 11.8 Å². The normalized spacial score (nSPS) is 15.9. The molecule has 0 radical (unpaired) electrons. The predicted molar refractivity (Wildman–Crippen MR) is 127 cm³/mol. The topological polar surface area (TPSA) is 73.7 Å². The van der Waals surface area contributed by atoms with Crippen LogP contribution >= 0.6 is 0 Å². The van der Waals surface area contributed by atoms with Crippen LogP contribution in [0.5, 0.6) is 0 Å². The van der Waals surface area contributed by atoms with Crippen molar-refractivity contribution in [2.24, 2.45) is 0 Å². The maximum absolute atomic E-state index is 12.9. The lowest BCUT2D eigenvalue weighted by Gasteiger charge is -2.22. The van der Waals surface area contributed by atoms with Crippen molar-refractivity contribution in [2.75, 3.05) is 58.7 Å². The van der Waals surface area contributed by atoms with Crippen molar-refractivity contribution in [1.29, 1.82) is 0 Å². The third kappa shape index (κ3) is 6.40. The molecule has 0 bridgehead atoms. The van der Waals surface area contributed by atoms with Crippen LogP contribution < -0.4 is 5.32 Å². The molecule has 1 aliphatic heterocycles. The Kier molecular flexibility index (Phi) is 7.69. The van der Waals surface area contributed by atoms with Gasteiger partial charge in [0.1, 0.15) is 5.82 Å². The predicted octanol–water partition coefficient (Wildman–Crippen LogP) is 2.20. The van der Waals surface area contributed by atoms with Crippen LogP contribution in [-0.4, -0.2) is 89.7 Å². The van der Waals surface area contributed by atoms with Crippen LogP contribution in [0.25, 0.3) is 5.69 Å². The molecule has 0 aliphatic carbocycles. The molecule has 1 fully saturated rings. The first-order valence-electron chi connectivity index (χ1n) is 11.2. The van der Waals surface area contributed by atoms with E-state index in [0.29, 0.717) is 18.9 Å². The van der Waals surface area contributed by atoms with Crippen LogP contribution in [-0.2, 0) is 15.0 Å². The molecule has 0 spiro atoms. The van der Waals surface area contributed by atoms with Crippen LogP contribution in [0.1, 0.15) is 32.9 Å². The van der Waals surface area contributed by atoms with E-state index in [9.17, 15) is 9.59 Å². The maximum Gasteiger partial charge on any atom is 0.239 e. The quantitative estimate of drug-likeness (QED) is 0.746. The number of benzene rings is 1. The minimum atomic E-state index is -0.127. The number of hydrogen-bond acceptors (Lipinski definition) is 5. The summed E-state index contributed by atoms with van der Waals surface area (Å²) in [5.41, 5.74) is 1.71. The summed E-state index contributed by atoms with van der Waals surface area (Å²) in [6.45, 7) is 10.3. The standard InChI is InChI=1S/C24H36N6O2/c1-24(2,3)20-16-21(30(26-20)19-10-7-6-8-11-19)25-22(31)17-28-12-9-13-29(15-14-28)18-23(32)27(4)5/h6-8,10-11,16H,9,12-15,17-18H2,1-5H3,(H,25,31). The van der Waals surface area contributed by atoms with Crippen molar-refractivity contribution in [3.05, 3.63) is 42.1 Å². The second kappa shape index (κ2) is 10.3. The monoisotopic (exact) mass is 440 g/mol. The number of rotatable bonds is 6. The van der Waals surface area contributed by atoms with Crippen LogP contribution in [0, 0.1) is 0 Å². The molecular weight excluding hydrogens is 404 g/mol. The summed E-state index contributed by atoms with van der Waals surface area (Å²) < 4.78 is 1.80. The molecule has 8 nitrogen and oxygen atoms in total. The van der Waals surface area contributed by atoms with Gasteiger partial charge in [0.15, 0.2) is 0 Å². The molecule has 2 amide bonds. The average molecular weight is 441 g/mol. The van der Waals surface area contributed by atoms with Crippen molar-refractivity contribution in [1.82, 2.24) is 24.5 Å². The fourth-order valence-corrected chi connectivity index (χ4v) is 3.66. The zero-order chi connectivity index (χ0) is 23.3. The van der Waals surface area contributed by atoms with Gasteiger partial charge in [0.25, 0.3) is 0 Å². The Morgan fingerprint density at radius 3 is 2.22 bits per heavy atom. The molecular formula is C24H36N6O2. The lowest BCUT2D eigenvalue weighted by Crippen LogP contribution is -2.40.